The molecule has 1 aliphatic heterocycles. The van der Waals surface area contributed by atoms with Gasteiger partial charge in [-0.1, -0.05) is 11.8 Å². The summed E-state index contributed by atoms with van der Waals surface area (Å²) in [5.74, 6) is 0. The average molecular weight is 479 g/mol. The summed E-state index contributed by atoms with van der Waals surface area (Å²) in [6.45, 7) is 4.35. The molecule has 132 valence electrons. The molecule has 2 aromatic carbocycles. The van der Waals surface area contributed by atoms with Gasteiger partial charge in [0.1, 0.15) is 0 Å². The Labute approximate surface area is 170 Å². The summed E-state index contributed by atoms with van der Waals surface area (Å²) in [6.07, 6.45) is 0. The predicted octanol–water partition coefficient (Wildman–Crippen LogP) is 5.80. The number of aryl methyl sites for hydroxylation is 2. The van der Waals surface area contributed by atoms with Gasteiger partial charge in [-0.3, -0.25) is 0 Å². The van der Waals surface area contributed by atoms with E-state index in [4.69, 9.17) is 0 Å². The molecule has 0 bridgehead atoms. The fraction of sp³-hybridized carbons (Fsp3) is 0.333. The molecule has 0 atom stereocenters. The van der Waals surface area contributed by atoms with Crippen molar-refractivity contribution in [2.75, 3.05) is 43.3 Å². The van der Waals surface area contributed by atoms with Crippen molar-refractivity contribution in [3.8, 4) is 0 Å². The van der Waals surface area contributed by atoms with Crippen LogP contribution in [0.25, 0.3) is 0 Å². The number of hydrogen-bond acceptors (Lipinski definition) is 4. The third-order valence-electron chi connectivity index (χ3n) is 4.07. The maximum atomic E-state index is 3.65. The minimum Gasteiger partial charge on any atom is -0.378 e. The SMILES string of the molecule is Br.Br.Cc1cc(N([13CH3])[13CH3])cc2c1Nc1c(C)cc(N([13CH3])[13CH3])cc1S2. The molecular weight excluding hydrogens is 454 g/mol. The van der Waals surface area contributed by atoms with Crippen LogP contribution < -0.4 is 15.1 Å². The molecule has 0 fully saturated rings. The van der Waals surface area contributed by atoms with Gasteiger partial charge < -0.3 is 15.1 Å². The lowest BCUT2D eigenvalue weighted by molar-refractivity contribution is 1.10. The minimum absolute atomic E-state index is 0. The van der Waals surface area contributed by atoms with Crippen LogP contribution in [0.5, 0.6) is 0 Å². The standard InChI is InChI=1S/C18H23N3S.2BrH/c1-11-7-13(20(3)4)9-15-17(11)19-18-12(2)8-14(21(5)6)10-16(18)22-15;;/h7-10,19H,1-6H3;2*1H/i3+1,4+1,5+1,6+1;;. The first-order valence-corrected chi connectivity index (χ1v) is 8.27. The molecule has 1 heterocycles. The largest absolute Gasteiger partial charge is 0.378 e. The second-order valence-electron chi connectivity index (χ2n) is 6.29. The van der Waals surface area contributed by atoms with Gasteiger partial charge in [-0.2, -0.15) is 0 Å². The lowest BCUT2D eigenvalue weighted by atomic mass is 10.1. The van der Waals surface area contributed by atoms with Gasteiger partial charge in [-0.25, -0.2) is 0 Å². The summed E-state index contributed by atoms with van der Waals surface area (Å²) < 4.78 is 0. The summed E-state index contributed by atoms with van der Waals surface area (Å²) in [6, 6.07) is 9.00. The summed E-state index contributed by atoms with van der Waals surface area (Å²) >= 11 is 1.86. The number of anilines is 4. The van der Waals surface area contributed by atoms with Crippen LogP contribution in [0.4, 0.5) is 22.7 Å². The van der Waals surface area contributed by atoms with Crippen LogP contribution in [0, 0.1) is 13.8 Å². The van der Waals surface area contributed by atoms with Gasteiger partial charge in [-0.15, -0.1) is 34.0 Å². The second-order valence-corrected chi connectivity index (χ2v) is 7.37. The molecule has 0 aromatic heterocycles. The zero-order valence-corrected chi connectivity index (χ0v) is 19.2. The van der Waals surface area contributed by atoms with E-state index in [2.05, 4.69) is 81.4 Å². The van der Waals surface area contributed by atoms with Crippen molar-refractivity contribution in [3.05, 3.63) is 35.4 Å². The lowest BCUT2D eigenvalue weighted by Gasteiger charge is -2.27. The quantitative estimate of drug-likeness (QED) is 0.469. The van der Waals surface area contributed by atoms with Crippen molar-refractivity contribution in [1.82, 2.24) is 0 Å². The van der Waals surface area contributed by atoms with Crippen LogP contribution in [-0.2, 0) is 0 Å². The third-order valence-corrected chi connectivity index (χ3v) is 5.15. The topological polar surface area (TPSA) is 18.5 Å². The summed E-state index contributed by atoms with van der Waals surface area (Å²) in [5, 5.41) is 3.65. The molecule has 3 rings (SSSR count). The number of rotatable bonds is 2. The molecule has 24 heavy (non-hydrogen) atoms. The zero-order valence-electron chi connectivity index (χ0n) is 14.9. The van der Waals surface area contributed by atoms with Crippen LogP contribution in [-0.4, -0.2) is 28.2 Å². The molecule has 2 aromatic rings. The van der Waals surface area contributed by atoms with E-state index >= 15 is 0 Å². The molecule has 6 heteroatoms. The van der Waals surface area contributed by atoms with Gasteiger partial charge in [0.15, 0.2) is 0 Å². The fourth-order valence-electron chi connectivity index (χ4n) is 2.71. The molecule has 0 amide bonds. The Kier molecular flexibility index (Phi) is 7.08. The first-order chi connectivity index (χ1) is 10.4. The van der Waals surface area contributed by atoms with Crippen molar-refractivity contribution in [2.24, 2.45) is 0 Å². The van der Waals surface area contributed by atoms with E-state index in [0.29, 0.717) is 0 Å². The van der Waals surface area contributed by atoms with Crippen LogP contribution in [0.3, 0.4) is 0 Å². The Morgan fingerprint density at radius 2 is 1.08 bits per heavy atom. The monoisotopic (exact) mass is 477 g/mol. The van der Waals surface area contributed by atoms with Crippen LogP contribution in [0.2, 0.25) is 0 Å². The molecule has 3 nitrogen and oxygen atoms in total. The highest BCUT2D eigenvalue weighted by molar-refractivity contribution is 8.93. The van der Waals surface area contributed by atoms with Crippen molar-refractivity contribution < 1.29 is 0 Å². The maximum Gasteiger partial charge on any atom is 0.0557 e. The van der Waals surface area contributed by atoms with Gasteiger partial charge in [0.05, 0.1) is 11.4 Å². The number of fused-ring (bicyclic) bond motifs is 2. The van der Waals surface area contributed by atoms with E-state index in [-0.39, 0.29) is 34.0 Å². The molecular formula is C18H25Br2N3S. The van der Waals surface area contributed by atoms with E-state index in [1.165, 1.54) is 43.7 Å². The van der Waals surface area contributed by atoms with Crippen molar-refractivity contribution in [2.45, 2.75) is 23.6 Å². The molecule has 1 aliphatic rings. The average Bonchev–Trinajstić information content (AvgIpc) is 2.45. The van der Waals surface area contributed by atoms with E-state index in [1.54, 1.807) is 0 Å². The lowest BCUT2D eigenvalue weighted by Crippen LogP contribution is -2.12. The molecule has 0 aliphatic carbocycles. The van der Waals surface area contributed by atoms with Crippen LogP contribution in [0.15, 0.2) is 34.1 Å². The van der Waals surface area contributed by atoms with Gasteiger partial charge in [0, 0.05) is 49.4 Å². The summed E-state index contributed by atoms with van der Waals surface area (Å²) in [5.41, 5.74) is 7.54. The summed E-state index contributed by atoms with van der Waals surface area (Å²) in [7, 11) is 8.35. The van der Waals surface area contributed by atoms with Crippen LogP contribution in [0.1, 0.15) is 11.1 Å². The first kappa shape index (κ1) is 21.2. The van der Waals surface area contributed by atoms with Gasteiger partial charge in [0.2, 0.25) is 0 Å². The zero-order chi connectivity index (χ0) is 16.0. The number of hydrogen-bond donors (Lipinski definition) is 1. The molecule has 0 radical (unpaired) electrons. The molecule has 0 unspecified atom stereocenters. The molecule has 1 N–H and O–H groups in total. The number of halogens is 2. The van der Waals surface area contributed by atoms with Gasteiger partial charge >= 0.3 is 0 Å². The first-order valence-electron chi connectivity index (χ1n) is 7.45. The molecule has 0 spiro atoms. The van der Waals surface area contributed by atoms with E-state index in [9.17, 15) is 0 Å². The second kappa shape index (κ2) is 8.02. The van der Waals surface area contributed by atoms with E-state index < -0.39 is 0 Å². The van der Waals surface area contributed by atoms with Crippen LogP contribution >= 0.6 is 45.7 Å². The highest BCUT2D eigenvalue weighted by atomic mass is 79.9. The van der Waals surface area contributed by atoms with Gasteiger partial charge in [-0.05, 0) is 49.2 Å². The number of nitrogens with zero attached hydrogens (tertiary/aromatic N) is 2. The predicted molar refractivity (Wildman–Crippen MR) is 119 cm³/mol. The molecule has 0 saturated carbocycles. The Hall–Kier alpha value is -0.850. The fourth-order valence-corrected chi connectivity index (χ4v) is 3.94. The Bertz CT molecular complexity index is 684. The van der Waals surface area contributed by atoms with Crippen molar-refractivity contribution >= 4 is 68.5 Å². The van der Waals surface area contributed by atoms with Gasteiger partial charge in [0.25, 0.3) is 0 Å². The van der Waals surface area contributed by atoms with Crippen molar-refractivity contribution in [3.63, 3.8) is 0 Å². The van der Waals surface area contributed by atoms with E-state index in [1.807, 2.05) is 11.8 Å². The maximum absolute atomic E-state index is 3.65. The Morgan fingerprint density at radius 3 is 1.42 bits per heavy atom. The highest BCUT2D eigenvalue weighted by Gasteiger charge is 2.21. The van der Waals surface area contributed by atoms with E-state index in [0.717, 1.165) is 0 Å². The highest BCUT2D eigenvalue weighted by Crippen LogP contribution is 2.49. The Balaban J connectivity index is 0.00000144. The van der Waals surface area contributed by atoms with Crippen molar-refractivity contribution in [1.29, 1.82) is 0 Å². The Morgan fingerprint density at radius 1 is 0.708 bits per heavy atom. The number of nitrogens with one attached hydrogen (secondary N) is 1. The number of benzene rings is 2. The normalized spacial score (nSPS) is 11.2. The summed E-state index contributed by atoms with van der Waals surface area (Å²) in [4.78, 5) is 6.91. The molecule has 0 saturated heterocycles. The third kappa shape index (κ3) is 3.86. The minimum atomic E-state index is 0. The smallest absolute Gasteiger partial charge is 0.0557 e.